The Hall–Kier alpha value is -0.940. The molecule has 17 heavy (non-hydrogen) atoms. The summed E-state index contributed by atoms with van der Waals surface area (Å²) in [7, 11) is 0. The maximum Gasteiger partial charge on any atom is 0.227 e. The number of nitrogens with zero attached hydrogens (tertiary/aromatic N) is 1. The van der Waals surface area contributed by atoms with E-state index in [1.807, 2.05) is 0 Å². The Morgan fingerprint density at radius 3 is 3.00 bits per heavy atom. The minimum absolute atomic E-state index is 0.0468. The van der Waals surface area contributed by atoms with E-state index in [1.165, 1.54) is 17.0 Å². The smallest absolute Gasteiger partial charge is 0.227 e. The summed E-state index contributed by atoms with van der Waals surface area (Å²) in [5.41, 5.74) is 1.19. The number of fused-ring (bicyclic) bond motifs is 1. The van der Waals surface area contributed by atoms with E-state index in [2.05, 4.69) is 29.5 Å². The average molecular weight is 253 g/mol. The minimum atomic E-state index is 0.0468. The number of anilines is 1. The molecule has 1 aliphatic carbocycles. The van der Waals surface area contributed by atoms with Crippen molar-refractivity contribution in [3.8, 4) is 0 Å². The maximum atomic E-state index is 11.6. The van der Waals surface area contributed by atoms with Gasteiger partial charge in [-0.25, -0.2) is 4.98 Å². The van der Waals surface area contributed by atoms with Crippen molar-refractivity contribution in [2.75, 3.05) is 11.9 Å². The fourth-order valence-electron chi connectivity index (χ4n) is 1.90. The van der Waals surface area contributed by atoms with Crippen molar-refractivity contribution < 1.29 is 4.79 Å². The van der Waals surface area contributed by atoms with Gasteiger partial charge in [-0.05, 0) is 19.3 Å². The van der Waals surface area contributed by atoms with Gasteiger partial charge in [-0.1, -0.05) is 13.8 Å². The molecular formula is C12H19N3OS. The van der Waals surface area contributed by atoms with Crippen LogP contribution in [0.5, 0.6) is 0 Å². The molecular weight excluding hydrogens is 234 g/mol. The Balaban J connectivity index is 1.78. The fourth-order valence-corrected chi connectivity index (χ4v) is 2.97. The number of amides is 1. The molecule has 0 saturated heterocycles. The highest BCUT2D eigenvalue weighted by molar-refractivity contribution is 7.15. The van der Waals surface area contributed by atoms with E-state index in [-0.39, 0.29) is 5.91 Å². The SMILES string of the molecule is CC(C)NCCC(=O)Nc1nc2c(s1)CCC2. The van der Waals surface area contributed by atoms with Gasteiger partial charge in [0.05, 0.1) is 5.69 Å². The molecule has 1 aliphatic rings. The first-order chi connectivity index (χ1) is 8.15. The highest BCUT2D eigenvalue weighted by atomic mass is 32.1. The molecule has 0 atom stereocenters. The standard InChI is InChI=1S/C12H19N3OS/c1-8(2)13-7-6-11(16)15-12-14-9-4-3-5-10(9)17-12/h8,13H,3-7H2,1-2H3,(H,14,15,16). The summed E-state index contributed by atoms with van der Waals surface area (Å²) < 4.78 is 0. The monoisotopic (exact) mass is 253 g/mol. The van der Waals surface area contributed by atoms with Crippen LogP contribution in [0.15, 0.2) is 0 Å². The van der Waals surface area contributed by atoms with Crippen molar-refractivity contribution in [1.82, 2.24) is 10.3 Å². The Kier molecular flexibility index (Phi) is 4.12. The normalized spacial score (nSPS) is 14.1. The number of rotatable bonds is 5. The van der Waals surface area contributed by atoms with Crippen molar-refractivity contribution >= 4 is 22.4 Å². The molecule has 0 aromatic carbocycles. The minimum Gasteiger partial charge on any atom is -0.314 e. The lowest BCUT2D eigenvalue weighted by atomic mass is 10.3. The molecule has 0 aliphatic heterocycles. The summed E-state index contributed by atoms with van der Waals surface area (Å²) in [6, 6.07) is 0.423. The van der Waals surface area contributed by atoms with Gasteiger partial charge in [0.25, 0.3) is 0 Å². The van der Waals surface area contributed by atoms with Crippen LogP contribution < -0.4 is 10.6 Å². The molecule has 0 bridgehead atoms. The van der Waals surface area contributed by atoms with Gasteiger partial charge in [-0.15, -0.1) is 11.3 Å². The number of nitrogens with one attached hydrogen (secondary N) is 2. The first-order valence-corrected chi connectivity index (χ1v) is 6.98. The van der Waals surface area contributed by atoms with Crippen LogP contribution in [0.25, 0.3) is 0 Å². The van der Waals surface area contributed by atoms with Crippen molar-refractivity contribution in [2.45, 2.75) is 45.6 Å². The third-order valence-corrected chi connectivity index (χ3v) is 3.82. The predicted molar refractivity (Wildman–Crippen MR) is 70.5 cm³/mol. The van der Waals surface area contributed by atoms with Crippen LogP contribution in [0.4, 0.5) is 5.13 Å². The predicted octanol–water partition coefficient (Wildman–Crippen LogP) is 1.96. The number of carbonyl (C=O) groups is 1. The molecule has 5 heteroatoms. The summed E-state index contributed by atoms with van der Waals surface area (Å²) in [6.45, 7) is 4.86. The number of aryl methyl sites for hydroxylation is 2. The van der Waals surface area contributed by atoms with Crippen molar-refractivity contribution in [1.29, 1.82) is 0 Å². The van der Waals surface area contributed by atoms with Crippen LogP contribution in [-0.2, 0) is 17.6 Å². The van der Waals surface area contributed by atoms with Gasteiger partial charge in [0.1, 0.15) is 0 Å². The summed E-state index contributed by atoms with van der Waals surface area (Å²) >= 11 is 1.63. The number of aromatic nitrogens is 1. The Bertz CT molecular complexity index is 379. The van der Waals surface area contributed by atoms with Crippen molar-refractivity contribution in [3.63, 3.8) is 0 Å². The van der Waals surface area contributed by atoms with Gasteiger partial charge in [-0.2, -0.15) is 0 Å². The first kappa shape index (κ1) is 12.5. The highest BCUT2D eigenvalue weighted by Gasteiger charge is 2.17. The zero-order chi connectivity index (χ0) is 12.3. The molecule has 2 N–H and O–H groups in total. The van der Waals surface area contributed by atoms with E-state index < -0.39 is 0 Å². The van der Waals surface area contributed by atoms with Crippen LogP contribution in [0.3, 0.4) is 0 Å². The largest absolute Gasteiger partial charge is 0.314 e. The van der Waals surface area contributed by atoms with Gasteiger partial charge < -0.3 is 10.6 Å². The van der Waals surface area contributed by atoms with Crippen LogP contribution in [0.2, 0.25) is 0 Å². The van der Waals surface area contributed by atoms with Crippen molar-refractivity contribution in [3.05, 3.63) is 10.6 Å². The van der Waals surface area contributed by atoms with E-state index in [9.17, 15) is 4.79 Å². The molecule has 1 aromatic rings. The number of hydrogen-bond acceptors (Lipinski definition) is 4. The number of carbonyl (C=O) groups excluding carboxylic acids is 1. The zero-order valence-corrected chi connectivity index (χ0v) is 11.2. The van der Waals surface area contributed by atoms with Gasteiger partial charge >= 0.3 is 0 Å². The molecule has 0 fully saturated rings. The Morgan fingerprint density at radius 1 is 1.47 bits per heavy atom. The zero-order valence-electron chi connectivity index (χ0n) is 10.4. The van der Waals surface area contributed by atoms with Gasteiger partial charge in [0.15, 0.2) is 5.13 Å². The second-order valence-electron chi connectivity index (χ2n) is 4.65. The van der Waals surface area contributed by atoms with Gasteiger partial charge in [0, 0.05) is 23.9 Å². The van der Waals surface area contributed by atoms with Gasteiger partial charge in [0.2, 0.25) is 5.91 Å². The lowest BCUT2D eigenvalue weighted by Gasteiger charge is -2.07. The fraction of sp³-hybridized carbons (Fsp3) is 0.667. The van der Waals surface area contributed by atoms with E-state index in [0.29, 0.717) is 19.0 Å². The molecule has 0 saturated carbocycles. The average Bonchev–Trinajstić information content (AvgIpc) is 2.76. The third kappa shape index (κ3) is 3.51. The molecule has 0 radical (unpaired) electrons. The molecule has 94 valence electrons. The number of hydrogen-bond donors (Lipinski definition) is 2. The summed E-state index contributed by atoms with van der Waals surface area (Å²) in [5, 5.41) is 6.86. The van der Waals surface area contributed by atoms with E-state index >= 15 is 0 Å². The highest BCUT2D eigenvalue weighted by Crippen LogP contribution is 2.30. The third-order valence-electron chi connectivity index (χ3n) is 2.75. The first-order valence-electron chi connectivity index (χ1n) is 6.17. The molecule has 2 rings (SSSR count). The molecule has 1 aromatic heterocycles. The second kappa shape index (κ2) is 5.60. The lowest BCUT2D eigenvalue weighted by Crippen LogP contribution is -2.27. The molecule has 0 spiro atoms. The lowest BCUT2D eigenvalue weighted by molar-refractivity contribution is -0.116. The summed E-state index contributed by atoms with van der Waals surface area (Å²) in [4.78, 5) is 17.4. The Labute approximate surface area is 106 Å². The number of thiazole rings is 1. The van der Waals surface area contributed by atoms with Crippen LogP contribution in [-0.4, -0.2) is 23.5 Å². The van der Waals surface area contributed by atoms with E-state index in [4.69, 9.17) is 0 Å². The van der Waals surface area contributed by atoms with Gasteiger partial charge in [-0.3, -0.25) is 4.79 Å². The van der Waals surface area contributed by atoms with E-state index in [0.717, 1.165) is 18.0 Å². The maximum absolute atomic E-state index is 11.6. The molecule has 1 heterocycles. The van der Waals surface area contributed by atoms with Crippen molar-refractivity contribution in [2.24, 2.45) is 0 Å². The van der Waals surface area contributed by atoms with Crippen LogP contribution in [0, 0.1) is 0 Å². The Morgan fingerprint density at radius 2 is 2.29 bits per heavy atom. The van der Waals surface area contributed by atoms with E-state index in [1.54, 1.807) is 11.3 Å². The second-order valence-corrected chi connectivity index (χ2v) is 5.73. The molecule has 4 nitrogen and oxygen atoms in total. The van der Waals surface area contributed by atoms with Crippen LogP contribution in [0.1, 0.15) is 37.3 Å². The quantitative estimate of drug-likeness (QED) is 0.843. The summed E-state index contributed by atoms with van der Waals surface area (Å²) in [5.74, 6) is 0.0468. The summed E-state index contributed by atoms with van der Waals surface area (Å²) in [6.07, 6.45) is 3.90. The molecule has 1 amide bonds. The van der Waals surface area contributed by atoms with Crippen LogP contribution >= 0.6 is 11.3 Å². The topological polar surface area (TPSA) is 54.0 Å². The molecule has 0 unspecified atom stereocenters.